The fourth-order valence-corrected chi connectivity index (χ4v) is 5.20. The fourth-order valence-electron chi connectivity index (χ4n) is 5.20. The van der Waals surface area contributed by atoms with Crippen LogP contribution in [0.1, 0.15) is 48.0 Å². The summed E-state index contributed by atoms with van der Waals surface area (Å²) in [7, 11) is 0. The van der Waals surface area contributed by atoms with E-state index in [1.54, 1.807) is 18.2 Å². The van der Waals surface area contributed by atoms with Gasteiger partial charge < -0.3 is 15.1 Å². The average Bonchev–Trinajstić information content (AvgIpc) is 3.40. The highest BCUT2D eigenvalue weighted by Crippen LogP contribution is 2.40. The number of nitrogens with zero attached hydrogens (tertiary/aromatic N) is 3. The van der Waals surface area contributed by atoms with E-state index >= 15 is 0 Å². The smallest absolute Gasteiger partial charge is 0.253 e. The molecule has 0 spiro atoms. The topological polar surface area (TPSA) is 73.0 Å². The third-order valence-electron chi connectivity index (χ3n) is 6.95. The Hall–Kier alpha value is -3.42. The molecule has 3 aliphatic heterocycles. The number of nitrogens with one attached hydrogen (secondary N) is 1. The minimum Gasteiger partial charge on any atom is -0.358 e. The lowest BCUT2D eigenvalue weighted by molar-refractivity contribution is -0.125. The molecule has 2 fully saturated rings. The van der Waals surface area contributed by atoms with Crippen molar-refractivity contribution in [1.29, 1.82) is 0 Å². The van der Waals surface area contributed by atoms with E-state index in [9.17, 15) is 18.8 Å². The summed E-state index contributed by atoms with van der Waals surface area (Å²) in [5.74, 6) is -0.841. The van der Waals surface area contributed by atoms with Crippen LogP contribution in [0, 0.1) is 5.82 Å². The number of hydrogen-bond donors (Lipinski definition) is 1. The number of hydrogen-bond acceptors (Lipinski definition) is 4. The number of benzene rings is 2. The Morgan fingerprint density at radius 2 is 1.76 bits per heavy atom. The molecule has 8 heteroatoms. The molecule has 2 aromatic rings. The van der Waals surface area contributed by atoms with Crippen molar-refractivity contribution in [3.8, 4) is 0 Å². The maximum atomic E-state index is 13.5. The van der Waals surface area contributed by atoms with Crippen molar-refractivity contribution < 1.29 is 18.8 Å². The van der Waals surface area contributed by atoms with Crippen molar-refractivity contribution in [2.45, 2.75) is 44.7 Å². The molecule has 3 amide bonds. The molecule has 0 aromatic heterocycles. The molecule has 3 aliphatic rings. The first-order chi connectivity index (χ1) is 16.5. The second-order valence-corrected chi connectivity index (χ2v) is 9.24. The molecule has 34 heavy (non-hydrogen) atoms. The normalized spacial score (nSPS) is 19.6. The van der Waals surface area contributed by atoms with E-state index < -0.39 is 0 Å². The Morgan fingerprint density at radius 3 is 2.56 bits per heavy atom. The van der Waals surface area contributed by atoms with Gasteiger partial charge in [-0.05, 0) is 68.0 Å². The van der Waals surface area contributed by atoms with Gasteiger partial charge in [-0.1, -0.05) is 12.1 Å². The Balaban J connectivity index is 1.40. The van der Waals surface area contributed by atoms with E-state index in [1.807, 2.05) is 17.0 Å². The number of piperidine rings is 1. The fraction of sp³-hybridized carbons (Fsp3) is 0.423. The first-order valence-corrected chi connectivity index (χ1v) is 12.0. The van der Waals surface area contributed by atoms with Crippen LogP contribution in [0.15, 0.2) is 42.5 Å². The molecule has 1 atom stereocenters. The van der Waals surface area contributed by atoms with E-state index in [-0.39, 0.29) is 42.7 Å². The van der Waals surface area contributed by atoms with Gasteiger partial charge in [-0.15, -0.1) is 0 Å². The van der Waals surface area contributed by atoms with Gasteiger partial charge in [-0.2, -0.15) is 0 Å². The number of amides is 3. The molecule has 1 N–H and O–H groups in total. The van der Waals surface area contributed by atoms with Crippen LogP contribution in [-0.2, 0) is 16.1 Å². The Kier molecular flexibility index (Phi) is 6.22. The van der Waals surface area contributed by atoms with Gasteiger partial charge in [0.05, 0.1) is 11.4 Å². The summed E-state index contributed by atoms with van der Waals surface area (Å²) in [4.78, 5) is 44.8. The van der Waals surface area contributed by atoms with Crippen LogP contribution in [0.3, 0.4) is 0 Å². The first kappa shape index (κ1) is 22.4. The summed E-state index contributed by atoms with van der Waals surface area (Å²) in [5, 5.41) is 2.79. The number of likely N-dealkylation sites (tertiary alicyclic amines) is 1. The highest BCUT2D eigenvalue weighted by Gasteiger charge is 2.40. The van der Waals surface area contributed by atoms with Gasteiger partial charge in [0.1, 0.15) is 18.4 Å². The van der Waals surface area contributed by atoms with Crippen LogP contribution in [0.25, 0.3) is 0 Å². The molecule has 2 saturated heterocycles. The van der Waals surface area contributed by atoms with Gasteiger partial charge in [0.25, 0.3) is 5.91 Å². The summed E-state index contributed by atoms with van der Waals surface area (Å²) in [6, 6.07) is 11.3. The van der Waals surface area contributed by atoms with Crippen LogP contribution in [-0.4, -0.2) is 54.8 Å². The lowest BCUT2D eigenvalue weighted by atomic mass is 9.95. The van der Waals surface area contributed by atoms with Gasteiger partial charge in [0, 0.05) is 31.7 Å². The van der Waals surface area contributed by atoms with Crippen molar-refractivity contribution in [2.75, 3.05) is 36.0 Å². The van der Waals surface area contributed by atoms with Crippen LogP contribution >= 0.6 is 0 Å². The monoisotopic (exact) mass is 464 g/mol. The summed E-state index contributed by atoms with van der Waals surface area (Å²) >= 11 is 0. The number of anilines is 2. The van der Waals surface area contributed by atoms with E-state index in [0.717, 1.165) is 57.4 Å². The summed E-state index contributed by atoms with van der Waals surface area (Å²) in [6.07, 6.45) is 4.72. The third-order valence-corrected chi connectivity index (χ3v) is 6.95. The minimum absolute atomic E-state index is 0.0379. The molecular weight excluding hydrogens is 435 g/mol. The molecule has 0 saturated carbocycles. The molecule has 2 aromatic carbocycles. The van der Waals surface area contributed by atoms with E-state index in [4.69, 9.17) is 0 Å². The molecule has 7 nitrogen and oxygen atoms in total. The summed E-state index contributed by atoms with van der Waals surface area (Å²) in [5.41, 5.74) is 2.68. The van der Waals surface area contributed by atoms with E-state index in [0.29, 0.717) is 16.8 Å². The highest BCUT2D eigenvalue weighted by molar-refractivity contribution is 6.09. The number of carbonyl (C=O) groups excluding carboxylic acids is 3. The maximum Gasteiger partial charge on any atom is 0.253 e. The number of rotatable bonds is 5. The standard InChI is InChI=1S/C26H29FN4O3/c27-20-7-5-6-18(14-20)16-28-24(32)17-31-23-15-19(25(33)29-11-3-4-12-29)9-10-21(23)30-13-2-1-8-22(30)26(31)34/h5-7,9-10,14-15,22H,1-4,8,11-13,16-17H2,(H,28,32)/t22-/m0/s1. The molecule has 0 aliphatic carbocycles. The molecule has 0 bridgehead atoms. The van der Waals surface area contributed by atoms with Crippen molar-refractivity contribution in [1.82, 2.24) is 10.2 Å². The van der Waals surface area contributed by atoms with Gasteiger partial charge in [0.15, 0.2) is 0 Å². The van der Waals surface area contributed by atoms with Crippen molar-refractivity contribution in [2.24, 2.45) is 0 Å². The predicted molar refractivity (Wildman–Crippen MR) is 127 cm³/mol. The van der Waals surface area contributed by atoms with Crippen LogP contribution in [0.5, 0.6) is 0 Å². The van der Waals surface area contributed by atoms with Crippen molar-refractivity contribution in [3.63, 3.8) is 0 Å². The molecule has 178 valence electrons. The Bertz CT molecular complexity index is 1110. The number of halogens is 1. The van der Waals surface area contributed by atoms with Gasteiger partial charge in [-0.25, -0.2) is 4.39 Å². The maximum absolute atomic E-state index is 13.5. The van der Waals surface area contributed by atoms with E-state index in [2.05, 4.69) is 10.2 Å². The molecule has 5 rings (SSSR count). The lowest BCUT2D eigenvalue weighted by Crippen LogP contribution is -2.57. The van der Waals surface area contributed by atoms with Gasteiger partial charge in [0.2, 0.25) is 11.8 Å². The highest BCUT2D eigenvalue weighted by atomic mass is 19.1. The lowest BCUT2D eigenvalue weighted by Gasteiger charge is -2.45. The van der Waals surface area contributed by atoms with Gasteiger partial charge >= 0.3 is 0 Å². The zero-order valence-electron chi connectivity index (χ0n) is 19.1. The zero-order chi connectivity index (χ0) is 23.7. The molecule has 3 heterocycles. The van der Waals surface area contributed by atoms with Gasteiger partial charge in [-0.3, -0.25) is 19.3 Å². The van der Waals surface area contributed by atoms with Crippen LogP contribution < -0.4 is 15.1 Å². The second-order valence-electron chi connectivity index (χ2n) is 9.24. The molecular formula is C26H29FN4O3. The van der Waals surface area contributed by atoms with Crippen LogP contribution in [0.4, 0.5) is 15.8 Å². The SMILES string of the molecule is O=C(CN1C(=O)[C@@H]2CCCCN2c2ccc(C(=O)N3CCCC3)cc21)NCc1cccc(F)c1. The van der Waals surface area contributed by atoms with E-state index in [1.165, 1.54) is 17.0 Å². The average molecular weight is 465 g/mol. The zero-order valence-corrected chi connectivity index (χ0v) is 19.1. The first-order valence-electron chi connectivity index (χ1n) is 12.0. The quantitative estimate of drug-likeness (QED) is 0.738. The van der Waals surface area contributed by atoms with Crippen molar-refractivity contribution in [3.05, 3.63) is 59.4 Å². The third kappa shape index (κ3) is 4.36. The van der Waals surface area contributed by atoms with Crippen LogP contribution in [0.2, 0.25) is 0 Å². The number of carbonyl (C=O) groups is 3. The van der Waals surface area contributed by atoms with Crippen molar-refractivity contribution >= 4 is 29.1 Å². The second kappa shape index (κ2) is 9.44. The number of fused-ring (bicyclic) bond motifs is 3. The molecule has 0 radical (unpaired) electrons. The Morgan fingerprint density at radius 1 is 0.971 bits per heavy atom. The Labute approximate surface area is 198 Å². The molecule has 0 unspecified atom stereocenters. The largest absolute Gasteiger partial charge is 0.358 e. The summed E-state index contributed by atoms with van der Waals surface area (Å²) in [6.45, 7) is 2.30. The predicted octanol–water partition coefficient (Wildman–Crippen LogP) is 3.08. The summed E-state index contributed by atoms with van der Waals surface area (Å²) < 4.78 is 13.5. The minimum atomic E-state index is -0.362.